The van der Waals surface area contributed by atoms with Crippen LogP contribution in [-0.2, 0) is 4.79 Å². The normalized spacial score (nSPS) is 10.9. The molecular weight excluding hydrogens is 572 g/mol. The first-order valence-corrected chi connectivity index (χ1v) is 13.1. The number of nitro benzene ring substituents is 1. The van der Waals surface area contributed by atoms with Gasteiger partial charge in [-0.15, -0.1) is 0 Å². The minimum Gasteiger partial charge on any atom is -0.484 e. The second-order valence-electron chi connectivity index (χ2n) is 8.71. The van der Waals surface area contributed by atoms with Crippen molar-refractivity contribution >= 4 is 33.7 Å². The van der Waals surface area contributed by atoms with E-state index in [4.69, 9.17) is 4.74 Å². The SMILES string of the molecule is O=C(COc1ccc(Br)cc1)N/N=C\c1cc(-c2ccccc2)n(-c2ccc([N+](=O)[O-])cc2)c1-c1ccccc1. The highest BCUT2D eigenvalue weighted by Gasteiger charge is 2.19. The number of hydrogen-bond donors (Lipinski definition) is 1. The Bertz CT molecular complexity index is 1650. The van der Waals surface area contributed by atoms with E-state index in [1.165, 1.54) is 12.1 Å². The van der Waals surface area contributed by atoms with Crippen molar-refractivity contribution in [3.63, 3.8) is 0 Å². The predicted octanol–water partition coefficient (Wildman–Crippen LogP) is 7.01. The summed E-state index contributed by atoms with van der Waals surface area (Å²) in [5, 5.41) is 15.5. The average molecular weight is 595 g/mol. The van der Waals surface area contributed by atoms with Crippen LogP contribution in [0.2, 0.25) is 0 Å². The van der Waals surface area contributed by atoms with Crippen molar-refractivity contribution in [2.24, 2.45) is 5.10 Å². The first kappa shape index (κ1) is 26.6. The lowest BCUT2D eigenvalue weighted by molar-refractivity contribution is -0.384. The van der Waals surface area contributed by atoms with Crippen LogP contribution in [0.25, 0.3) is 28.2 Å². The van der Waals surface area contributed by atoms with Gasteiger partial charge >= 0.3 is 0 Å². The molecule has 4 aromatic carbocycles. The van der Waals surface area contributed by atoms with Crippen molar-refractivity contribution in [1.82, 2.24) is 9.99 Å². The number of ether oxygens (including phenoxy) is 1. The van der Waals surface area contributed by atoms with E-state index in [-0.39, 0.29) is 12.3 Å². The molecule has 0 saturated carbocycles. The number of carbonyl (C=O) groups excluding carboxylic acids is 1. The molecule has 0 saturated heterocycles. The van der Waals surface area contributed by atoms with Crippen LogP contribution in [-0.4, -0.2) is 28.2 Å². The quantitative estimate of drug-likeness (QED) is 0.113. The van der Waals surface area contributed by atoms with E-state index >= 15 is 0 Å². The van der Waals surface area contributed by atoms with Gasteiger partial charge in [0.2, 0.25) is 0 Å². The van der Waals surface area contributed by atoms with Gasteiger partial charge in [0.05, 0.1) is 22.5 Å². The number of carbonyl (C=O) groups is 1. The predicted molar refractivity (Wildman–Crippen MR) is 159 cm³/mol. The van der Waals surface area contributed by atoms with Gasteiger partial charge in [0.15, 0.2) is 6.61 Å². The number of aromatic nitrogens is 1. The number of nitrogens with one attached hydrogen (secondary N) is 1. The Morgan fingerprint density at radius 1 is 0.900 bits per heavy atom. The van der Waals surface area contributed by atoms with Crippen molar-refractivity contribution < 1.29 is 14.5 Å². The average Bonchev–Trinajstić information content (AvgIpc) is 3.37. The Morgan fingerprint density at radius 3 is 2.15 bits per heavy atom. The molecule has 0 fully saturated rings. The molecule has 198 valence electrons. The summed E-state index contributed by atoms with van der Waals surface area (Å²) in [5.41, 5.74) is 7.57. The summed E-state index contributed by atoms with van der Waals surface area (Å²) in [5.74, 6) is 0.167. The lowest BCUT2D eigenvalue weighted by Crippen LogP contribution is -2.24. The lowest BCUT2D eigenvalue weighted by atomic mass is 10.1. The highest BCUT2D eigenvalue weighted by molar-refractivity contribution is 9.10. The number of benzene rings is 4. The van der Waals surface area contributed by atoms with Crippen LogP contribution in [0.5, 0.6) is 5.75 Å². The third-order valence-corrected chi connectivity index (χ3v) is 6.57. The van der Waals surface area contributed by atoms with E-state index in [2.05, 4.69) is 26.5 Å². The zero-order valence-corrected chi connectivity index (χ0v) is 22.7. The zero-order chi connectivity index (χ0) is 27.9. The van der Waals surface area contributed by atoms with Crippen LogP contribution < -0.4 is 10.2 Å². The molecule has 5 aromatic rings. The van der Waals surface area contributed by atoms with Crippen LogP contribution in [0.15, 0.2) is 125 Å². The van der Waals surface area contributed by atoms with Crippen molar-refractivity contribution in [2.75, 3.05) is 6.61 Å². The van der Waals surface area contributed by atoms with Crippen molar-refractivity contribution in [1.29, 1.82) is 0 Å². The number of nitrogens with zero attached hydrogens (tertiary/aromatic N) is 3. The molecule has 5 rings (SSSR count). The van der Waals surface area contributed by atoms with Gasteiger partial charge in [-0.1, -0.05) is 76.6 Å². The smallest absolute Gasteiger partial charge is 0.277 e. The minimum atomic E-state index is -0.420. The Labute approximate surface area is 238 Å². The lowest BCUT2D eigenvalue weighted by Gasteiger charge is -2.15. The standard InChI is InChI=1S/C31H23BrN4O4/c32-25-11-17-28(18-12-25)40-21-30(37)34-33-20-24-19-29(22-7-3-1-4-8-22)35(31(24)23-9-5-2-6-10-23)26-13-15-27(16-14-26)36(38)39/h1-20H,21H2,(H,34,37)/b33-20-. The highest BCUT2D eigenvalue weighted by Crippen LogP contribution is 2.35. The van der Waals surface area contributed by atoms with Gasteiger partial charge in [-0.3, -0.25) is 14.9 Å². The fourth-order valence-corrected chi connectivity index (χ4v) is 4.48. The van der Waals surface area contributed by atoms with Crippen molar-refractivity contribution in [2.45, 2.75) is 0 Å². The number of halogens is 1. The second kappa shape index (κ2) is 12.2. The Balaban J connectivity index is 1.51. The maximum atomic E-state index is 12.4. The molecule has 0 bridgehead atoms. The van der Waals surface area contributed by atoms with Crippen LogP contribution in [0.1, 0.15) is 5.56 Å². The van der Waals surface area contributed by atoms with Gasteiger partial charge < -0.3 is 9.30 Å². The fourth-order valence-electron chi connectivity index (χ4n) is 4.22. The third-order valence-electron chi connectivity index (χ3n) is 6.04. The number of non-ortho nitro benzene ring substituents is 1. The Morgan fingerprint density at radius 2 is 1.52 bits per heavy atom. The summed E-state index contributed by atoms with van der Waals surface area (Å²) in [6.45, 7) is -0.191. The molecule has 0 aliphatic carbocycles. The summed E-state index contributed by atoms with van der Waals surface area (Å²) in [6.07, 6.45) is 1.59. The fraction of sp³-hybridized carbons (Fsp3) is 0.0323. The zero-order valence-electron chi connectivity index (χ0n) is 21.1. The van der Waals surface area contributed by atoms with Crippen LogP contribution >= 0.6 is 15.9 Å². The molecule has 0 spiro atoms. The maximum Gasteiger partial charge on any atom is 0.277 e. The third kappa shape index (κ3) is 6.16. The number of hydrogen-bond acceptors (Lipinski definition) is 5. The summed E-state index contributed by atoms with van der Waals surface area (Å²) in [6, 6.07) is 35.2. The van der Waals surface area contributed by atoms with Crippen LogP contribution in [0, 0.1) is 10.1 Å². The van der Waals surface area contributed by atoms with Crippen molar-refractivity contribution in [3.8, 4) is 34.0 Å². The number of nitro groups is 1. The summed E-state index contributed by atoms with van der Waals surface area (Å²) in [4.78, 5) is 23.3. The molecule has 0 aliphatic heterocycles. The molecule has 0 atom stereocenters. The van der Waals surface area contributed by atoms with Crippen LogP contribution in [0.3, 0.4) is 0 Å². The largest absolute Gasteiger partial charge is 0.484 e. The van der Waals surface area contributed by atoms with Gasteiger partial charge in [0.25, 0.3) is 11.6 Å². The van der Waals surface area contributed by atoms with Crippen molar-refractivity contribution in [3.05, 3.63) is 135 Å². The van der Waals surface area contributed by atoms with Gasteiger partial charge in [-0.25, -0.2) is 5.43 Å². The summed E-state index contributed by atoms with van der Waals surface area (Å²) >= 11 is 3.37. The molecule has 9 heteroatoms. The molecule has 0 aliphatic rings. The molecule has 0 unspecified atom stereocenters. The highest BCUT2D eigenvalue weighted by atomic mass is 79.9. The second-order valence-corrected chi connectivity index (χ2v) is 9.63. The van der Waals surface area contributed by atoms with E-state index in [0.29, 0.717) is 5.75 Å². The minimum absolute atomic E-state index is 0.00767. The molecule has 1 N–H and O–H groups in total. The van der Waals surface area contributed by atoms with Gasteiger partial charge in [-0.2, -0.15) is 5.10 Å². The molecule has 40 heavy (non-hydrogen) atoms. The van der Waals surface area contributed by atoms with Gasteiger partial charge in [0, 0.05) is 27.9 Å². The number of amides is 1. The van der Waals surface area contributed by atoms with Crippen LogP contribution in [0.4, 0.5) is 5.69 Å². The Kier molecular flexibility index (Phi) is 8.13. The summed E-state index contributed by atoms with van der Waals surface area (Å²) in [7, 11) is 0. The molecule has 1 amide bonds. The first-order chi connectivity index (χ1) is 19.5. The molecular formula is C31H23BrN4O4. The van der Waals surface area contributed by atoms with E-state index in [0.717, 1.165) is 38.2 Å². The molecule has 0 radical (unpaired) electrons. The summed E-state index contributed by atoms with van der Waals surface area (Å²) < 4.78 is 8.48. The van der Waals surface area contributed by atoms with E-state index in [1.54, 1.807) is 30.5 Å². The number of rotatable bonds is 9. The maximum absolute atomic E-state index is 12.4. The van der Waals surface area contributed by atoms with E-state index < -0.39 is 10.8 Å². The number of hydrazone groups is 1. The molecule has 1 heterocycles. The van der Waals surface area contributed by atoms with Gasteiger partial charge in [-0.05, 0) is 53.6 Å². The topological polar surface area (TPSA) is 98.8 Å². The monoisotopic (exact) mass is 594 g/mol. The van der Waals surface area contributed by atoms with E-state index in [1.807, 2.05) is 83.4 Å². The Hall–Kier alpha value is -5.02. The first-order valence-electron chi connectivity index (χ1n) is 12.3. The van der Waals surface area contributed by atoms with Gasteiger partial charge in [0.1, 0.15) is 5.75 Å². The molecule has 8 nitrogen and oxygen atoms in total. The molecule has 1 aromatic heterocycles. The van der Waals surface area contributed by atoms with E-state index in [9.17, 15) is 14.9 Å².